The Kier molecular flexibility index (Phi) is 3.84. The van der Waals surface area contributed by atoms with E-state index in [-0.39, 0.29) is 11.2 Å². The molecule has 0 aliphatic heterocycles. The van der Waals surface area contributed by atoms with Crippen LogP contribution in [0.25, 0.3) is 6.08 Å². The van der Waals surface area contributed by atoms with Crippen molar-refractivity contribution in [3.05, 3.63) is 65.8 Å². The molecular formula is C18H20O. The molecule has 1 nitrogen and oxygen atoms in total. The van der Waals surface area contributed by atoms with E-state index in [1.165, 1.54) is 0 Å². The van der Waals surface area contributed by atoms with Crippen molar-refractivity contribution in [1.82, 2.24) is 0 Å². The van der Waals surface area contributed by atoms with Gasteiger partial charge in [0.05, 0.1) is 0 Å². The van der Waals surface area contributed by atoms with Crippen LogP contribution in [0.5, 0.6) is 0 Å². The maximum Gasteiger partial charge on any atom is 0.156 e. The van der Waals surface area contributed by atoms with Gasteiger partial charge in [0.25, 0.3) is 0 Å². The van der Waals surface area contributed by atoms with Crippen LogP contribution in [0, 0.1) is 5.41 Å². The fraction of sp³-hybridized carbons (Fsp3) is 0.278. The molecule has 0 unspecified atom stereocenters. The van der Waals surface area contributed by atoms with E-state index in [4.69, 9.17) is 0 Å². The van der Waals surface area contributed by atoms with Crippen molar-refractivity contribution in [2.24, 2.45) is 5.41 Å². The van der Waals surface area contributed by atoms with Crippen LogP contribution in [0.1, 0.15) is 32.3 Å². The molecule has 0 aromatic heterocycles. The number of benzene rings is 1. The minimum atomic E-state index is 0.0416. The first kappa shape index (κ1) is 13.5. The Morgan fingerprint density at radius 3 is 2.47 bits per heavy atom. The Balaban J connectivity index is 2.35. The summed E-state index contributed by atoms with van der Waals surface area (Å²) in [6.45, 7) is 8.16. The SMILES string of the molecule is C=C/C(=C\c1ccccc1)C1=CC(=O)CC(C)(C)C1. The molecule has 1 heteroatoms. The summed E-state index contributed by atoms with van der Waals surface area (Å²) in [7, 11) is 0. The molecule has 0 N–H and O–H groups in total. The normalized spacial score (nSPS) is 18.9. The molecule has 19 heavy (non-hydrogen) atoms. The molecule has 0 fully saturated rings. The second-order valence-electron chi connectivity index (χ2n) is 5.87. The summed E-state index contributed by atoms with van der Waals surface area (Å²) >= 11 is 0. The van der Waals surface area contributed by atoms with Gasteiger partial charge in [-0.05, 0) is 40.7 Å². The van der Waals surface area contributed by atoms with E-state index in [1.54, 1.807) is 6.08 Å². The van der Waals surface area contributed by atoms with Gasteiger partial charge in [-0.2, -0.15) is 0 Å². The van der Waals surface area contributed by atoms with Crippen molar-refractivity contribution in [3.63, 3.8) is 0 Å². The monoisotopic (exact) mass is 252 g/mol. The number of hydrogen-bond donors (Lipinski definition) is 0. The van der Waals surface area contributed by atoms with E-state index in [0.29, 0.717) is 6.42 Å². The topological polar surface area (TPSA) is 17.1 Å². The summed E-state index contributed by atoms with van der Waals surface area (Å²) in [6, 6.07) is 10.1. The van der Waals surface area contributed by atoms with Crippen molar-refractivity contribution in [1.29, 1.82) is 0 Å². The maximum atomic E-state index is 11.8. The number of ketones is 1. The van der Waals surface area contributed by atoms with Crippen LogP contribution in [0.4, 0.5) is 0 Å². The Morgan fingerprint density at radius 2 is 1.89 bits per heavy atom. The quantitative estimate of drug-likeness (QED) is 0.720. The zero-order valence-corrected chi connectivity index (χ0v) is 11.6. The molecule has 1 aliphatic carbocycles. The Morgan fingerprint density at radius 1 is 1.21 bits per heavy atom. The first-order valence-corrected chi connectivity index (χ1v) is 6.63. The van der Waals surface area contributed by atoms with Crippen molar-refractivity contribution >= 4 is 11.9 Å². The van der Waals surface area contributed by atoms with Crippen LogP contribution in [0.3, 0.4) is 0 Å². The molecule has 1 aromatic carbocycles. The highest BCUT2D eigenvalue weighted by Crippen LogP contribution is 2.37. The van der Waals surface area contributed by atoms with Crippen LogP contribution in [0.2, 0.25) is 0 Å². The number of hydrogen-bond acceptors (Lipinski definition) is 1. The van der Waals surface area contributed by atoms with Gasteiger partial charge in [0.15, 0.2) is 5.78 Å². The van der Waals surface area contributed by atoms with Crippen LogP contribution in [-0.2, 0) is 4.79 Å². The van der Waals surface area contributed by atoms with Crippen LogP contribution >= 0.6 is 0 Å². The molecule has 98 valence electrons. The number of allylic oxidation sites excluding steroid dienone is 4. The summed E-state index contributed by atoms with van der Waals surface area (Å²) in [5.41, 5.74) is 3.32. The van der Waals surface area contributed by atoms with Gasteiger partial charge in [0, 0.05) is 6.42 Å². The Hall–Kier alpha value is -1.89. The number of carbonyl (C=O) groups excluding carboxylic acids is 1. The lowest BCUT2D eigenvalue weighted by Crippen LogP contribution is -2.22. The number of carbonyl (C=O) groups is 1. The van der Waals surface area contributed by atoms with E-state index in [1.807, 2.05) is 24.3 Å². The molecule has 0 heterocycles. The van der Waals surface area contributed by atoms with E-state index >= 15 is 0 Å². The van der Waals surface area contributed by atoms with Crippen molar-refractivity contribution < 1.29 is 4.79 Å². The van der Waals surface area contributed by atoms with Gasteiger partial charge in [0.2, 0.25) is 0 Å². The lowest BCUT2D eigenvalue weighted by molar-refractivity contribution is -0.116. The van der Waals surface area contributed by atoms with Crippen LogP contribution in [-0.4, -0.2) is 5.78 Å². The summed E-state index contributed by atoms with van der Waals surface area (Å²) in [5.74, 6) is 0.215. The minimum Gasteiger partial charge on any atom is -0.295 e. The Bertz CT molecular complexity index is 544. The highest BCUT2D eigenvalue weighted by Gasteiger charge is 2.28. The van der Waals surface area contributed by atoms with Crippen LogP contribution in [0.15, 0.2) is 60.2 Å². The molecule has 0 atom stereocenters. The average Bonchev–Trinajstić information content (AvgIpc) is 2.34. The predicted octanol–water partition coefficient (Wildman–Crippen LogP) is 4.57. The fourth-order valence-electron chi connectivity index (χ4n) is 2.54. The highest BCUT2D eigenvalue weighted by molar-refractivity contribution is 5.93. The Labute approximate surface area is 115 Å². The van der Waals surface area contributed by atoms with Gasteiger partial charge >= 0.3 is 0 Å². The zero-order valence-electron chi connectivity index (χ0n) is 11.6. The average molecular weight is 252 g/mol. The summed E-state index contributed by atoms with van der Waals surface area (Å²) < 4.78 is 0. The third kappa shape index (κ3) is 3.54. The standard InChI is InChI=1S/C18H20O/c1-4-15(10-14-8-6-5-7-9-14)16-11-17(19)13-18(2,3)12-16/h4-11H,1,12-13H2,2-3H3/b15-10+. The van der Waals surface area contributed by atoms with Gasteiger partial charge in [-0.25, -0.2) is 0 Å². The lowest BCUT2D eigenvalue weighted by Gasteiger charge is -2.29. The van der Waals surface area contributed by atoms with E-state index in [0.717, 1.165) is 23.1 Å². The van der Waals surface area contributed by atoms with E-state index in [2.05, 4.69) is 38.6 Å². The van der Waals surface area contributed by atoms with E-state index in [9.17, 15) is 4.79 Å². The molecule has 0 bridgehead atoms. The summed E-state index contributed by atoms with van der Waals surface area (Å²) in [4.78, 5) is 11.8. The zero-order chi connectivity index (χ0) is 13.9. The minimum absolute atomic E-state index is 0.0416. The predicted molar refractivity (Wildman–Crippen MR) is 80.7 cm³/mol. The molecule has 2 rings (SSSR count). The molecule has 0 radical (unpaired) electrons. The smallest absolute Gasteiger partial charge is 0.156 e. The fourth-order valence-corrected chi connectivity index (χ4v) is 2.54. The molecule has 0 saturated heterocycles. The van der Waals surface area contributed by atoms with Gasteiger partial charge in [-0.3, -0.25) is 4.79 Å². The van der Waals surface area contributed by atoms with Crippen molar-refractivity contribution in [2.45, 2.75) is 26.7 Å². The first-order chi connectivity index (χ1) is 9.00. The second kappa shape index (κ2) is 5.40. The third-order valence-corrected chi connectivity index (χ3v) is 3.37. The molecule has 0 saturated carbocycles. The summed E-state index contributed by atoms with van der Waals surface area (Å²) in [5, 5.41) is 0. The second-order valence-corrected chi connectivity index (χ2v) is 5.87. The van der Waals surface area contributed by atoms with Gasteiger partial charge in [-0.15, -0.1) is 0 Å². The maximum absolute atomic E-state index is 11.8. The number of rotatable bonds is 3. The molecular weight excluding hydrogens is 232 g/mol. The third-order valence-electron chi connectivity index (χ3n) is 3.37. The lowest BCUT2D eigenvalue weighted by atomic mass is 9.75. The van der Waals surface area contributed by atoms with Gasteiger partial charge in [-0.1, -0.05) is 56.8 Å². The first-order valence-electron chi connectivity index (χ1n) is 6.63. The summed E-state index contributed by atoms with van der Waals surface area (Å²) in [6.07, 6.45) is 7.26. The van der Waals surface area contributed by atoms with Gasteiger partial charge < -0.3 is 0 Å². The van der Waals surface area contributed by atoms with Crippen molar-refractivity contribution in [2.75, 3.05) is 0 Å². The largest absolute Gasteiger partial charge is 0.295 e. The van der Waals surface area contributed by atoms with Crippen LogP contribution < -0.4 is 0 Å². The van der Waals surface area contributed by atoms with E-state index < -0.39 is 0 Å². The highest BCUT2D eigenvalue weighted by atomic mass is 16.1. The molecule has 0 amide bonds. The molecule has 1 aromatic rings. The van der Waals surface area contributed by atoms with Gasteiger partial charge in [0.1, 0.15) is 0 Å². The molecule has 0 spiro atoms. The molecule has 1 aliphatic rings. The van der Waals surface area contributed by atoms with Crippen molar-refractivity contribution in [3.8, 4) is 0 Å².